The second kappa shape index (κ2) is 9.57. The van der Waals surface area contributed by atoms with E-state index >= 15 is 0 Å². The maximum Gasteiger partial charge on any atom is 0.252 e. The maximum atomic E-state index is 12.5. The SMILES string of the molecule is NS(=O)(=O)c1cc(NC(=O)Cc2ccccc2Cl)ccc1C(=O)NC[C@H]1CCCO1. The number of primary sulfonamides is 1. The molecule has 1 saturated heterocycles. The van der Waals surface area contributed by atoms with Crippen LogP contribution in [0.3, 0.4) is 0 Å². The van der Waals surface area contributed by atoms with Crippen molar-refractivity contribution in [3.63, 3.8) is 0 Å². The van der Waals surface area contributed by atoms with Crippen LogP contribution in [0.4, 0.5) is 5.69 Å². The fourth-order valence-electron chi connectivity index (χ4n) is 3.15. The van der Waals surface area contributed by atoms with Gasteiger partial charge in [-0.15, -0.1) is 0 Å². The van der Waals surface area contributed by atoms with E-state index in [-0.39, 0.29) is 41.1 Å². The summed E-state index contributed by atoms with van der Waals surface area (Å²) in [6, 6.07) is 10.8. The highest BCUT2D eigenvalue weighted by Gasteiger charge is 2.22. The van der Waals surface area contributed by atoms with Crippen molar-refractivity contribution < 1.29 is 22.7 Å². The van der Waals surface area contributed by atoms with Crippen molar-refractivity contribution in [1.82, 2.24) is 5.32 Å². The number of sulfonamides is 1. The fourth-order valence-corrected chi connectivity index (χ4v) is 4.11. The van der Waals surface area contributed by atoms with Gasteiger partial charge in [0.05, 0.1) is 23.0 Å². The number of benzene rings is 2. The normalized spacial score (nSPS) is 16.3. The van der Waals surface area contributed by atoms with Gasteiger partial charge in [0.1, 0.15) is 0 Å². The highest BCUT2D eigenvalue weighted by atomic mass is 35.5. The van der Waals surface area contributed by atoms with E-state index in [1.165, 1.54) is 18.2 Å². The van der Waals surface area contributed by atoms with Crippen molar-refractivity contribution in [2.75, 3.05) is 18.5 Å². The third-order valence-corrected chi connectivity index (χ3v) is 5.96. The number of halogens is 1. The molecule has 30 heavy (non-hydrogen) atoms. The molecule has 0 unspecified atom stereocenters. The summed E-state index contributed by atoms with van der Waals surface area (Å²) >= 11 is 6.06. The van der Waals surface area contributed by atoms with Crippen LogP contribution in [0.15, 0.2) is 47.4 Å². The van der Waals surface area contributed by atoms with Gasteiger partial charge < -0.3 is 15.4 Å². The second-order valence-corrected chi connectivity index (χ2v) is 8.85. The largest absolute Gasteiger partial charge is 0.376 e. The number of hydrogen-bond donors (Lipinski definition) is 3. The lowest BCUT2D eigenvalue weighted by Gasteiger charge is -2.14. The summed E-state index contributed by atoms with van der Waals surface area (Å²) in [5, 5.41) is 11.0. The van der Waals surface area contributed by atoms with E-state index in [0.717, 1.165) is 12.8 Å². The number of hydrogen-bond acceptors (Lipinski definition) is 5. The molecule has 1 atom stereocenters. The molecule has 1 aliphatic rings. The van der Waals surface area contributed by atoms with Gasteiger partial charge in [0, 0.05) is 23.9 Å². The highest BCUT2D eigenvalue weighted by Crippen LogP contribution is 2.21. The van der Waals surface area contributed by atoms with E-state index < -0.39 is 15.9 Å². The third-order valence-electron chi connectivity index (χ3n) is 4.64. The monoisotopic (exact) mass is 451 g/mol. The van der Waals surface area contributed by atoms with Crippen molar-refractivity contribution in [2.45, 2.75) is 30.3 Å². The molecule has 10 heteroatoms. The number of nitrogens with two attached hydrogens (primary N) is 1. The van der Waals surface area contributed by atoms with E-state index in [1.54, 1.807) is 24.3 Å². The molecular weight excluding hydrogens is 430 g/mol. The van der Waals surface area contributed by atoms with E-state index in [9.17, 15) is 18.0 Å². The highest BCUT2D eigenvalue weighted by molar-refractivity contribution is 7.89. The second-order valence-electron chi connectivity index (χ2n) is 6.92. The van der Waals surface area contributed by atoms with E-state index in [0.29, 0.717) is 17.2 Å². The van der Waals surface area contributed by atoms with Crippen molar-refractivity contribution >= 4 is 39.1 Å². The molecule has 1 fully saturated rings. The summed E-state index contributed by atoms with van der Waals surface area (Å²) in [4.78, 5) is 24.4. The number of ether oxygens (including phenoxy) is 1. The smallest absolute Gasteiger partial charge is 0.252 e. The van der Waals surface area contributed by atoms with Crippen LogP contribution >= 0.6 is 11.6 Å². The minimum atomic E-state index is -4.20. The first kappa shape index (κ1) is 22.2. The van der Waals surface area contributed by atoms with Crippen LogP contribution in [0, 0.1) is 0 Å². The lowest BCUT2D eigenvalue weighted by atomic mass is 10.1. The molecule has 0 aliphatic carbocycles. The molecule has 0 spiro atoms. The van der Waals surface area contributed by atoms with Crippen LogP contribution in [0.1, 0.15) is 28.8 Å². The number of rotatable bonds is 7. The number of anilines is 1. The Kier molecular flexibility index (Phi) is 7.09. The Morgan fingerprint density at radius 1 is 1.20 bits per heavy atom. The van der Waals surface area contributed by atoms with Gasteiger partial charge >= 0.3 is 0 Å². The van der Waals surface area contributed by atoms with Gasteiger partial charge in [0.25, 0.3) is 5.91 Å². The first-order chi connectivity index (χ1) is 14.2. The van der Waals surface area contributed by atoms with Crippen molar-refractivity contribution in [3.8, 4) is 0 Å². The van der Waals surface area contributed by atoms with E-state index in [4.69, 9.17) is 21.5 Å². The standard InChI is InChI=1S/C20H22ClN3O5S/c21-17-6-2-1-4-13(17)10-19(25)24-14-7-8-16(18(11-14)30(22,27)28)20(26)23-12-15-5-3-9-29-15/h1-2,4,6-8,11,15H,3,5,9-10,12H2,(H,23,26)(H,24,25)(H2,22,27,28)/t15-/m1/s1. The first-order valence-electron chi connectivity index (χ1n) is 9.34. The predicted octanol–water partition coefficient (Wildman–Crippen LogP) is 2.08. The zero-order chi connectivity index (χ0) is 21.7. The molecular formula is C20H22ClN3O5S. The van der Waals surface area contributed by atoms with E-state index in [1.807, 2.05) is 0 Å². The number of nitrogens with one attached hydrogen (secondary N) is 2. The van der Waals surface area contributed by atoms with Crippen LogP contribution < -0.4 is 15.8 Å². The summed E-state index contributed by atoms with van der Waals surface area (Å²) in [5.74, 6) is -0.970. The lowest BCUT2D eigenvalue weighted by molar-refractivity contribution is -0.115. The van der Waals surface area contributed by atoms with Crippen LogP contribution in [0.5, 0.6) is 0 Å². The predicted molar refractivity (Wildman–Crippen MR) is 113 cm³/mol. The van der Waals surface area contributed by atoms with Crippen LogP contribution in [0.2, 0.25) is 5.02 Å². The molecule has 0 bridgehead atoms. The fraction of sp³-hybridized carbons (Fsp3) is 0.300. The van der Waals surface area contributed by atoms with Gasteiger partial charge in [-0.2, -0.15) is 0 Å². The molecule has 1 heterocycles. The molecule has 0 aromatic heterocycles. The Morgan fingerprint density at radius 3 is 2.63 bits per heavy atom. The zero-order valence-electron chi connectivity index (χ0n) is 16.1. The Labute approximate surface area is 179 Å². The van der Waals surface area contributed by atoms with Gasteiger partial charge in [-0.1, -0.05) is 29.8 Å². The summed E-state index contributed by atoms with van der Waals surface area (Å²) in [7, 11) is -4.20. The van der Waals surface area contributed by atoms with E-state index in [2.05, 4.69) is 10.6 Å². The quantitative estimate of drug-likeness (QED) is 0.593. The minimum Gasteiger partial charge on any atom is -0.376 e. The molecule has 1 aliphatic heterocycles. The molecule has 160 valence electrons. The average molecular weight is 452 g/mol. The third kappa shape index (κ3) is 5.79. The molecule has 2 aromatic rings. The summed E-state index contributed by atoms with van der Waals surface area (Å²) in [6.07, 6.45) is 1.67. The van der Waals surface area contributed by atoms with Crippen LogP contribution in [0.25, 0.3) is 0 Å². The first-order valence-corrected chi connectivity index (χ1v) is 11.3. The molecule has 0 saturated carbocycles. The van der Waals surface area contributed by atoms with Crippen LogP contribution in [-0.2, 0) is 26.0 Å². The van der Waals surface area contributed by atoms with Gasteiger partial charge in [0.2, 0.25) is 15.9 Å². The van der Waals surface area contributed by atoms with Gasteiger partial charge in [-0.3, -0.25) is 9.59 Å². The number of carbonyl (C=O) groups excluding carboxylic acids is 2. The summed E-state index contributed by atoms with van der Waals surface area (Å²) in [6.45, 7) is 0.921. The number of amides is 2. The lowest BCUT2D eigenvalue weighted by Crippen LogP contribution is -2.33. The Morgan fingerprint density at radius 2 is 1.97 bits per heavy atom. The zero-order valence-corrected chi connectivity index (χ0v) is 17.6. The van der Waals surface area contributed by atoms with Crippen LogP contribution in [-0.4, -0.2) is 39.5 Å². The molecule has 0 radical (unpaired) electrons. The van der Waals surface area contributed by atoms with Gasteiger partial charge in [-0.05, 0) is 42.7 Å². The topological polar surface area (TPSA) is 128 Å². The molecule has 2 aromatic carbocycles. The molecule has 8 nitrogen and oxygen atoms in total. The summed E-state index contributed by atoms with van der Waals surface area (Å²) in [5.41, 5.74) is 0.736. The Balaban J connectivity index is 1.74. The van der Waals surface area contributed by atoms with Crippen molar-refractivity contribution in [1.29, 1.82) is 0 Å². The average Bonchev–Trinajstić information content (AvgIpc) is 3.21. The minimum absolute atomic E-state index is 0.00794. The maximum absolute atomic E-state index is 12.5. The summed E-state index contributed by atoms with van der Waals surface area (Å²) < 4.78 is 29.5. The number of carbonyl (C=O) groups is 2. The van der Waals surface area contributed by atoms with Gasteiger partial charge in [0.15, 0.2) is 0 Å². The molecule has 3 rings (SSSR count). The van der Waals surface area contributed by atoms with Crippen molar-refractivity contribution in [3.05, 3.63) is 58.6 Å². The van der Waals surface area contributed by atoms with Gasteiger partial charge in [-0.25, -0.2) is 13.6 Å². The molecule has 4 N–H and O–H groups in total. The van der Waals surface area contributed by atoms with Crippen molar-refractivity contribution in [2.24, 2.45) is 5.14 Å². The Bertz CT molecular complexity index is 1050. The molecule has 2 amide bonds. The Hall–Kier alpha value is -2.46.